The fraction of sp³-hybridized carbons (Fsp3) is 0.306. The molecule has 1 saturated carbocycles. The summed E-state index contributed by atoms with van der Waals surface area (Å²) in [6.45, 7) is 3.21. The van der Waals surface area contributed by atoms with Gasteiger partial charge in [-0.15, -0.1) is 0 Å². The zero-order chi connectivity index (χ0) is 35.4. The third-order valence-electron chi connectivity index (χ3n) is 8.86. The van der Waals surface area contributed by atoms with Crippen LogP contribution in [-0.4, -0.2) is 35.1 Å². The fourth-order valence-corrected chi connectivity index (χ4v) is 6.31. The van der Waals surface area contributed by atoms with Gasteiger partial charge in [0.2, 0.25) is 0 Å². The van der Waals surface area contributed by atoms with Crippen molar-refractivity contribution in [2.45, 2.75) is 63.7 Å². The molecule has 49 heavy (non-hydrogen) atoms. The third kappa shape index (κ3) is 6.96. The van der Waals surface area contributed by atoms with Gasteiger partial charge in [0.15, 0.2) is 0 Å². The zero-order valence-corrected chi connectivity index (χ0v) is 27.1. The average Bonchev–Trinajstić information content (AvgIpc) is 3.86. The number of hydrogen-bond donors (Lipinski definition) is 0. The molecule has 2 fully saturated rings. The molecule has 0 spiro atoms. The quantitative estimate of drug-likeness (QED) is 0.142. The molecule has 1 aliphatic heterocycles. The normalized spacial score (nSPS) is 18.1. The van der Waals surface area contributed by atoms with Crippen LogP contribution in [0.1, 0.15) is 75.8 Å². The largest absolute Gasteiger partial charge is 0.465 e. The van der Waals surface area contributed by atoms with Crippen LogP contribution in [0.2, 0.25) is 5.02 Å². The number of esters is 1. The van der Waals surface area contributed by atoms with E-state index >= 15 is 0 Å². The van der Waals surface area contributed by atoms with Crippen LogP contribution in [0.4, 0.5) is 31.1 Å². The number of nitrogens with zero attached hydrogens (tertiary/aromatic N) is 2. The van der Waals surface area contributed by atoms with Crippen molar-refractivity contribution in [3.8, 4) is 22.3 Å². The second kappa shape index (κ2) is 12.7. The lowest BCUT2D eigenvalue weighted by Crippen LogP contribution is -2.32. The van der Waals surface area contributed by atoms with Crippen LogP contribution in [0, 0.1) is 6.92 Å². The predicted octanol–water partition coefficient (Wildman–Crippen LogP) is 10.2. The second-order valence-electron chi connectivity index (χ2n) is 12.2. The summed E-state index contributed by atoms with van der Waals surface area (Å²) in [4.78, 5) is 31.4. The SMILES string of the molecule is COC(=O)c1ccc(-c2ccc(Cl)c(-c3ccc(C4CC4)nc3CN3C(=O)OC(c4cc(C(F)(F)F)cc(C(F)(F)F)c4)C3C)c2)c(C)c1. The molecule has 0 bridgehead atoms. The Morgan fingerprint density at radius 3 is 2.16 bits per heavy atom. The molecule has 2 atom stereocenters. The molecule has 0 N–H and O–H groups in total. The first-order valence-corrected chi connectivity index (χ1v) is 15.7. The van der Waals surface area contributed by atoms with Gasteiger partial charge in [-0.25, -0.2) is 9.59 Å². The highest BCUT2D eigenvalue weighted by molar-refractivity contribution is 6.33. The van der Waals surface area contributed by atoms with E-state index < -0.39 is 53.3 Å². The van der Waals surface area contributed by atoms with E-state index in [1.807, 2.05) is 31.2 Å². The smallest absolute Gasteiger partial charge is 0.416 e. The van der Waals surface area contributed by atoms with Crippen LogP contribution in [-0.2, 0) is 28.4 Å². The molecule has 2 aliphatic rings. The second-order valence-corrected chi connectivity index (χ2v) is 12.6. The van der Waals surface area contributed by atoms with Crippen LogP contribution in [0.3, 0.4) is 0 Å². The molecular weight excluding hydrogens is 674 g/mol. The van der Waals surface area contributed by atoms with Gasteiger partial charge in [-0.2, -0.15) is 26.3 Å². The van der Waals surface area contributed by atoms with E-state index in [4.69, 9.17) is 26.1 Å². The highest BCUT2D eigenvalue weighted by Crippen LogP contribution is 2.44. The number of carbonyl (C=O) groups is 2. The summed E-state index contributed by atoms with van der Waals surface area (Å²) in [5.41, 5.74) is 1.80. The van der Waals surface area contributed by atoms with Crippen molar-refractivity contribution in [1.82, 2.24) is 9.88 Å². The third-order valence-corrected chi connectivity index (χ3v) is 9.19. The van der Waals surface area contributed by atoms with E-state index in [9.17, 15) is 35.9 Å². The van der Waals surface area contributed by atoms with Crippen molar-refractivity contribution in [1.29, 1.82) is 0 Å². The maximum Gasteiger partial charge on any atom is 0.416 e. The van der Waals surface area contributed by atoms with Crippen molar-refractivity contribution < 1.29 is 45.4 Å². The molecule has 1 saturated heterocycles. The van der Waals surface area contributed by atoms with Crippen molar-refractivity contribution >= 4 is 23.7 Å². The molecule has 13 heteroatoms. The number of pyridine rings is 1. The van der Waals surface area contributed by atoms with Crippen molar-refractivity contribution in [3.63, 3.8) is 0 Å². The Hall–Kier alpha value is -4.58. The number of alkyl halides is 6. The number of halogens is 7. The van der Waals surface area contributed by atoms with Gasteiger partial charge in [-0.3, -0.25) is 9.88 Å². The number of ether oxygens (including phenoxy) is 2. The Morgan fingerprint density at radius 2 is 1.57 bits per heavy atom. The van der Waals surface area contributed by atoms with Crippen molar-refractivity contribution in [2.24, 2.45) is 0 Å². The summed E-state index contributed by atoms with van der Waals surface area (Å²) in [5.74, 6) is -0.240. The number of hydrogen-bond acceptors (Lipinski definition) is 5. The number of methoxy groups -OCH3 is 1. The molecular formula is C36H29ClF6N2O4. The molecule has 6 nitrogen and oxygen atoms in total. The van der Waals surface area contributed by atoms with Crippen LogP contribution >= 0.6 is 11.6 Å². The summed E-state index contributed by atoms with van der Waals surface area (Å²) >= 11 is 6.73. The standard InChI is InChI=1S/C36H29ClF6N2O4/c1-18-12-22(33(46)48-3)6-8-26(18)21-7-10-29(37)28(15-21)27-9-11-30(20-4-5-20)44-31(27)17-45-19(2)32(49-34(45)47)23-13-24(35(38,39)40)16-25(14-23)36(41,42)43/h6-16,19-20,32H,4-5,17H2,1-3H3. The summed E-state index contributed by atoms with van der Waals surface area (Å²) in [6.07, 6.45) is -10.6. The van der Waals surface area contributed by atoms with E-state index in [0.717, 1.165) is 35.2 Å². The van der Waals surface area contributed by atoms with Gasteiger partial charge >= 0.3 is 24.4 Å². The first-order valence-electron chi connectivity index (χ1n) is 15.3. The minimum absolute atomic E-state index is 0.0368. The summed E-state index contributed by atoms with van der Waals surface area (Å²) < 4.78 is 91.9. The first-order chi connectivity index (χ1) is 23.0. The molecule has 1 amide bonds. The van der Waals surface area contributed by atoms with E-state index in [2.05, 4.69) is 0 Å². The van der Waals surface area contributed by atoms with E-state index in [-0.39, 0.29) is 18.5 Å². The maximum atomic E-state index is 13.6. The van der Waals surface area contributed by atoms with Gasteiger partial charge in [0.25, 0.3) is 0 Å². The predicted molar refractivity (Wildman–Crippen MR) is 169 cm³/mol. The highest BCUT2D eigenvalue weighted by Gasteiger charge is 2.43. The zero-order valence-electron chi connectivity index (χ0n) is 26.4. The topological polar surface area (TPSA) is 68.7 Å². The summed E-state index contributed by atoms with van der Waals surface area (Å²) in [5, 5.41) is 0.383. The molecule has 1 aromatic heterocycles. The Morgan fingerprint density at radius 1 is 0.918 bits per heavy atom. The van der Waals surface area contributed by atoms with Gasteiger partial charge < -0.3 is 9.47 Å². The van der Waals surface area contributed by atoms with Crippen LogP contribution < -0.4 is 0 Å². The number of benzene rings is 3. The highest BCUT2D eigenvalue weighted by atomic mass is 35.5. The molecule has 3 aromatic carbocycles. The molecule has 256 valence electrons. The number of cyclic esters (lactones) is 1. The lowest BCUT2D eigenvalue weighted by atomic mass is 9.94. The Labute approximate surface area is 282 Å². The van der Waals surface area contributed by atoms with Gasteiger partial charge in [-0.05, 0) is 97.5 Å². The van der Waals surface area contributed by atoms with E-state index in [0.29, 0.717) is 39.5 Å². The summed E-state index contributed by atoms with van der Waals surface area (Å²) in [6, 6.07) is 14.5. The van der Waals surface area contributed by atoms with Gasteiger partial charge in [0.05, 0.1) is 42.1 Å². The number of aromatic nitrogens is 1. The monoisotopic (exact) mass is 702 g/mol. The average molecular weight is 703 g/mol. The fourth-order valence-electron chi connectivity index (χ4n) is 6.09. The van der Waals surface area contributed by atoms with Crippen LogP contribution in [0.25, 0.3) is 22.3 Å². The molecule has 4 aromatic rings. The molecule has 6 rings (SSSR count). The molecule has 0 radical (unpaired) electrons. The van der Waals surface area contributed by atoms with Crippen molar-refractivity contribution in [3.05, 3.63) is 111 Å². The van der Waals surface area contributed by atoms with Gasteiger partial charge in [0, 0.05) is 27.8 Å². The van der Waals surface area contributed by atoms with Crippen LogP contribution in [0.5, 0.6) is 0 Å². The van der Waals surface area contributed by atoms with E-state index in [1.54, 1.807) is 24.3 Å². The molecule has 2 heterocycles. The Balaban J connectivity index is 1.37. The summed E-state index contributed by atoms with van der Waals surface area (Å²) in [7, 11) is 1.30. The molecule has 2 unspecified atom stereocenters. The maximum absolute atomic E-state index is 13.6. The Kier molecular flexibility index (Phi) is 8.89. The van der Waals surface area contributed by atoms with E-state index in [1.165, 1.54) is 18.9 Å². The first kappa shape index (κ1) is 34.3. The van der Waals surface area contributed by atoms with Crippen LogP contribution in [0.15, 0.2) is 66.7 Å². The number of rotatable bonds is 7. The number of amides is 1. The van der Waals surface area contributed by atoms with Gasteiger partial charge in [-0.1, -0.05) is 29.8 Å². The molecule has 1 aliphatic carbocycles. The lowest BCUT2D eigenvalue weighted by Gasteiger charge is -2.23. The van der Waals surface area contributed by atoms with Gasteiger partial charge in [0.1, 0.15) is 6.10 Å². The lowest BCUT2D eigenvalue weighted by molar-refractivity contribution is -0.143. The van der Waals surface area contributed by atoms with Crippen molar-refractivity contribution in [2.75, 3.05) is 7.11 Å². The minimum Gasteiger partial charge on any atom is -0.465 e. The number of aryl methyl sites for hydroxylation is 1. The number of carbonyl (C=O) groups excluding carboxylic acids is 2. The Bertz CT molecular complexity index is 1920. The minimum atomic E-state index is -5.06.